The van der Waals surface area contributed by atoms with E-state index in [1.54, 1.807) is 0 Å². The van der Waals surface area contributed by atoms with Crippen molar-refractivity contribution in [2.45, 2.75) is 31.2 Å². The third kappa shape index (κ3) is 1.10. The molecular formula is C12H16N2. The third-order valence-corrected chi connectivity index (χ3v) is 4.02. The van der Waals surface area contributed by atoms with Crippen molar-refractivity contribution in [3.63, 3.8) is 0 Å². The van der Waals surface area contributed by atoms with Gasteiger partial charge in [-0.1, -0.05) is 12.5 Å². The van der Waals surface area contributed by atoms with Gasteiger partial charge in [0.15, 0.2) is 0 Å². The maximum Gasteiger partial charge on any atom is 0.0300 e. The van der Waals surface area contributed by atoms with E-state index in [0.29, 0.717) is 0 Å². The van der Waals surface area contributed by atoms with Crippen LogP contribution < -0.4 is 5.73 Å². The molecule has 2 heteroatoms. The van der Waals surface area contributed by atoms with Crippen molar-refractivity contribution in [2.24, 2.45) is 17.6 Å². The lowest BCUT2D eigenvalue weighted by Gasteiger charge is -2.14. The van der Waals surface area contributed by atoms with Crippen LogP contribution in [0.2, 0.25) is 0 Å². The molecule has 3 rings (SSSR count). The number of fused-ring (bicyclic) bond motifs is 1. The Kier molecular flexibility index (Phi) is 1.68. The van der Waals surface area contributed by atoms with E-state index >= 15 is 0 Å². The van der Waals surface area contributed by atoms with E-state index in [1.165, 1.54) is 24.8 Å². The highest BCUT2D eigenvalue weighted by molar-refractivity contribution is 5.25. The highest BCUT2D eigenvalue weighted by Gasteiger charge is 2.62. The number of pyridine rings is 1. The SMILES string of the molecule is NC1(Cc2cccnc2)C2CCCC21. The van der Waals surface area contributed by atoms with E-state index in [4.69, 9.17) is 5.73 Å². The van der Waals surface area contributed by atoms with Crippen LogP contribution in [0.15, 0.2) is 24.5 Å². The summed E-state index contributed by atoms with van der Waals surface area (Å²) in [5.74, 6) is 1.62. The second-order valence-electron chi connectivity index (χ2n) is 4.79. The normalized spacial score (nSPS) is 39.5. The zero-order chi connectivity index (χ0) is 9.60. The lowest BCUT2D eigenvalue weighted by molar-refractivity contribution is 0.501. The first-order valence-electron chi connectivity index (χ1n) is 5.48. The van der Waals surface area contributed by atoms with Crippen LogP contribution >= 0.6 is 0 Å². The Morgan fingerprint density at radius 3 is 2.86 bits per heavy atom. The molecule has 14 heavy (non-hydrogen) atoms. The number of hydrogen-bond donors (Lipinski definition) is 1. The Bertz CT molecular complexity index is 323. The second-order valence-corrected chi connectivity index (χ2v) is 4.79. The molecule has 0 spiro atoms. The fourth-order valence-electron chi connectivity index (χ4n) is 3.25. The number of nitrogens with zero attached hydrogens (tertiary/aromatic N) is 1. The van der Waals surface area contributed by atoms with Gasteiger partial charge in [0.25, 0.3) is 0 Å². The molecule has 2 nitrogen and oxygen atoms in total. The Labute approximate surface area is 84.5 Å². The van der Waals surface area contributed by atoms with Gasteiger partial charge >= 0.3 is 0 Å². The zero-order valence-electron chi connectivity index (χ0n) is 8.32. The minimum Gasteiger partial charge on any atom is -0.324 e. The predicted molar refractivity (Wildman–Crippen MR) is 55.7 cm³/mol. The summed E-state index contributed by atoms with van der Waals surface area (Å²) in [4.78, 5) is 4.13. The van der Waals surface area contributed by atoms with Gasteiger partial charge in [0, 0.05) is 17.9 Å². The molecule has 2 aliphatic carbocycles. The monoisotopic (exact) mass is 188 g/mol. The van der Waals surface area contributed by atoms with Crippen LogP contribution in [-0.2, 0) is 6.42 Å². The molecule has 2 atom stereocenters. The van der Waals surface area contributed by atoms with Gasteiger partial charge in [0.05, 0.1) is 0 Å². The van der Waals surface area contributed by atoms with Gasteiger partial charge in [-0.05, 0) is 42.7 Å². The molecule has 74 valence electrons. The molecule has 0 saturated heterocycles. The smallest absolute Gasteiger partial charge is 0.0300 e. The van der Waals surface area contributed by atoms with Crippen molar-refractivity contribution >= 4 is 0 Å². The zero-order valence-corrected chi connectivity index (χ0v) is 8.32. The van der Waals surface area contributed by atoms with E-state index in [0.717, 1.165) is 18.3 Å². The van der Waals surface area contributed by atoms with Crippen molar-refractivity contribution in [1.29, 1.82) is 0 Å². The molecule has 2 unspecified atom stereocenters. The summed E-state index contributed by atoms with van der Waals surface area (Å²) in [6.07, 6.45) is 8.88. The Morgan fingerprint density at radius 1 is 1.43 bits per heavy atom. The minimum atomic E-state index is 0.126. The molecule has 0 aliphatic heterocycles. The van der Waals surface area contributed by atoms with Crippen molar-refractivity contribution < 1.29 is 0 Å². The molecule has 2 saturated carbocycles. The van der Waals surface area contributed by atoms with Crippen molar-refractivity contribution in [3.8, 4) is 0 Å². The summed E-state index contributed by atoms with van der Waals surface area (Å²) in [6, 6.07) is 4.13. The molecule has 1 heterocycles. The molecule has 1 aromatic heterocycles. The lowest BCUT2D eigenvalue weighted by Crippen LogP contribution is -2.31. The van der Waals surface area contributed by atoms with Crippen molar-refractivity contribution in [1.82, 2.24) is 4.98 Å². The topological polar surface area (TPSA) is 38.9 Å². The first kappa shape index (κ1) is 8.42. The summed E-state index contributed by atoms with van der Waals surface area (Å²) in [6.45, 7) is 0. The Morgan fingerprint density at radius 2 is 2.21 bits per heavy atom. The molecular weight excluding hydrogens is 172 g/mol. The van der Waals surface area contributed by atoms with Crippen LogP contribution in [0.4, 0.5) is 0 Å². The van der Waals surface area contributed by atoms with Crippen LogP contribution in [0.3, 0.4) is 0 Å². The molecule has 0 amide bonds. The van der Waals surface area contributed by atoms with Crippen molar-refractivity contribution in [2.75, 3.05) is 0 Å². The molecule has 0 aromatic carbocycles. The fourth-order valence-corrected chi connectivity index (χ4v) is 3.25. The highest BCUT2D eigenvalue weighted by Crippen LogP contribution is 2.60. The van der Waals surface area contributed by atoms with Crippen LogP contribution in [0.5, 0.6) is 0 Å². The molecule has 0 bridgehead atoms. The summed E-state index contributed by atoms with van der Waals surface area (Å²) in [7, 11) is 0. The lowest BCUT2D eigenvalue weighted by atomic mass is 9.98. The molecule has 2 N–H and O–H groups in total. The summed E-state index contributed by atoms with van der Waals surface area (Å²) in [5, 5.41) is 0. The van der Waals surface area contributed by atoms with Gasteiger partial charge < -0.3 is 5.73 Å². The standard InChI is InChI=1S/C12H16N2/c13-12(10-4-1-5-11(10)12)7-9-3-2-6-14-8-9/h2-3,6,8,10-11H,1,4-5,7,13H2. The van der Waals surface area contributed by atoms with E-state index in [1.807, 2.05) is 18.5 Å². The second kappa shape index (κ2) is 2.80. The molecule has 0 radical (unpaired) electrons. The first-order chi connectivity index (χ1) is 6.81. The Hall–Kier alpha value is -0.890. The van der Waals surface area contributed by atoms with Crippen molar-refractivity contribution in [3.05, 3.63) is 30.1 Å². The predicted octanol–water partition coefficient (Wildman–Crippen LogP) is 1.75. The largest absolute Gasteiger partial charge is 0.324 e. The molecule has 2 fully saturated rings. The van der Waals surface area contributed by atoms with Crippen LogP contribution in [0, 0.1) is 11.8 Å². The molecule has 1 aromatic rings. The van der Waals surface area contributed by atoms with Crippen LogP contribution in [0.1, 0.15) is 24.8 Å². The van der Waals surface area contributed by atoms with Crippen LogP contribution in [-0.4, -0.2) is 10.5 Å². The third-order valence-electron chi connectivity index (χ3n) is 4.02. The van der Waals surface area contributed by atoms with Gasteiger partial charge in [0.1, 0.15) is 0 Å². The average Bonchev–Trinajstić information content (AvgIpc) is 2.64. The maximum atomic E-state index is 6.40. The number of nitrogens with two attached hydrogens (primary N) is 1. The van der Waals surface area contributed by atoms with Gasteiger partial charge in [-0.25, -0.2) is 0 Å². The van der Waals surface area contributed by atoms with E-state index < -0.39 is 0 Å². The average molecular weight is 188 g/mol. The fraction of sp³-hybridized carbons (Fsp3) is 0.583. The number of aromatic nitrogens is 1. The van der Waals surface area contributed by atoms with Gasteiger partial charge in [-0.15, -0.1) is 0 Å². The maximum absolute atomic E-state index is 6.40. The van der Waals surface area contributed by atoms with Gasteiger partial charge in [-0.2, -0.15) is 0 Å². The summed E-state index contributed by atoms with van der Waals surface area (Å²) < 4.78 is 0. The van der Waals surface area contributed by atoms with E-state index in [2.05, 4.69) is 11.1 Å². The number of rotatable bonds is 2. The highest BCUT2D eigenvalue weighted by atomic mass is 14.9. The van der Waals surface area contributed by atoms with E-state index in [9.17, 15) is 0 Å². The van der Waals surface area contributed by atoms with Crippen LogP contribution in [0.25, 0.3) is 0 Å². The van der Waals surface area contributed by atoms with E-state index in [-0.39, 0.29) is 5.54 Å². The quantitative estimate of drug-likeness (QED) is 0.768. The summed E-state index contributed by atoms with van der Waals surface area (Å²) in [5.41, 5.74) is 7.82. The van der Waals surface area contributed by atoms with Gasteiger partial charge in [-0.3, -0.25) is 4.98 Å². The summed E-state index contributed by atoms with van der Waals surface area (Å²) >= 11 is 0. The Balaban J connectivity index is 1.75. The number of hydrogen-bond acceptors (Lipinski definition) is 2. The molecule has 2 aliphatic rings. The van der Waals surface area contributed by atoms with Gasteiger partial charge in [0.2, 0.25) is 0 Å². The minimum absolute atomic E-state index is 0.126. The first-order valence-corrected chi connectivity index (χ1v) is 5.48.